The minimum atomic E-state index is 0.0489. The summed E-state index contributed by atoms with van der Waals surface area (Å²) in [4.78, 5) is 14.2. The molecule has 0 unspecified atom stereocenters. The molecular formula is C14H20BrNO2. The first kappa shape index (κ1) is 15.2. The molecule has 0 aromatic heterocycles. The zero-order valence-corrected chi connectivity index (χ0v) is 12.8. The molecule has 0 saturated heterocycles. The first-order chi connectivity index (χ1) is 8.61. The third-order valence-electron chi connectivity index (χ3n) is 2.80. The van der Waals surface area contributed by atoms with E-state index in [2.05, 4.69) is 15.9 Å². The van der Waals surface area contributed by atoms with Crippen molar-refractivity contribution < 1.29 is 9.53 Å². The molecule has 0 aliphatic rings. The Hall–Kier alpha value is -0.870. The van der Waals surface area contributed by atoms with Gasteiger partial charge in [-0.1, -0.05) is 12.1 Å². The van der Waals surface area contributed by atoms with Crippen molar-refractivity contribution in [2.75, 3.05) is 26.3 Å². The van der Waals surface area contributed by atoms with E-state index in [-0.39, 0.29) is 5.91 Å². The average Bonchev–Trinajstić information content (AvgIpc) is 2.37. The van der Waals surface area contributed by atoms with E-state index >= 15 is 0 Å². The second-order valence-corrected chi connectivity index (χ2v) is 4.81. The van der Waals surface area contributed by atoms with Gasteiger partial charge < -0.3 is 9.64 Å². The molecule has 0 atom stereocenters. The van der Waals surface area contributed by atoms with Crippen LogP contribution in [0.4, 0.5) is 0 Å². The van der Waals surface area contributed by atoms with Crippen LogP contribution in [0.25, 0.3) is 0 Å². The average molecular weight is 314 g/mol. The van der Waals surface area contributed by atoms with Crippen molar-refractivity contribution in [2.45, 2.75) is 20.8 Å². The Labute approximate surface area is 117 Å². The van der Waals surface area contributed by atoms with Crippen LogP contribution in [0.3, 0.4) is 0 Å². The predicted octanol–water partition coefficient (Wildman–Crippen LogP) is 3.26. The minimum absolute atomic E-state index is 0.0489. The molecule has 4 heteroatoms. The number of amides is 1. The van der Waals surface area contributed by atoms with Gasteiger partial charge in [0.25, 0.3) is 5.91 Å². The first-order valence-electron chi connectivity index (χ1n) is 6.23. The summed E-state index contributed by atoms with van der Waals surface area (Å²) < 4.78 is 6.18. The second-order valence-electron chi connectivity index (χ2n) is 4.02. The number of aryl methyl sites for hydroxylation is 1. The molecule has 100 valence electrons. The quantitative estimate of drug-likeness (QED) is 0.754. The van der Waals surface area contributed by atoms with E-state index in [1.165, 1.54) is 0 Å². The highest BCUT2D eigenvalue weighted by Crippen LogP contribution is 2.22. The van der Waals surface area contributed by atoms with Crippen molar-refractivity contribution in [1.29, 1.82) is 0 Å². The van der Waals surface area contributed by atoms with E-state index in [0.717, 1.165) is 10.0 Å². The van der Waals surface area contributed by atoms with Gasteiger partial charge in [0.15, 0.2) is 0 Å². The number of carbonyl (C=O) groups is 1. The maximum absolute atomic E-state index is 12.4. The van der Waals surface area contributed by atoms with Gasteiger partial charge in [-0.2, -0.15) is 0 Å². The van der Waals surface area contributed by atoms with Crippen molar-refractivity contribution in [1.82, 2.24) is 4.90 Å². The van der Waals surface area contributed by atoms with Gasteiger partial charge >= 0.3 is 0 Å². The fourth-order valence-corrected chi connectivity index (χ4v) is 2.14. The lowest BCUT2D eigenvalue weighted by Crippen LogP contribution is -2.34. The Morgan fingerprint density at radius 2 is 2.11 bits per heavy atom. The number of halogens is 1. The molecule has 1 rings (SSSR count). The first-order valence-corrected chi connectivity index (χ1v) is 7.03. The van der Waals surface area contributed by atoms with Crippen LogP contribution >= 0.6 is 15.9 Å². The number of carbonyl (C=O) groups excluding carboxylic acids is 1. The van der Waals surface area contributed by atoms with Gasteiger partial charge in [-0.3, -0.25) is 4.79 Å². The Balaban J connectivity index is 2.80. The van der Waals surface area contributed by atoms with Crippen molar-refractivity contribution in [3.05, 3.63) is 33.8 Å². The van der Waals surface area contributed by atoms with Crippen LogP contribution in [0.1, 0.15) is 29.8 Å². The molecule has 0 N–H and O–H groups in total. The normalized spacial score (nSPS) is 10.4. The van der Waals surface area contributed by atoms with Crippen molar-refractivity contribution in [3.63, 3.8) is 0 Å². The number of benzene rings is 1. The van der Waals surface area contributed by atoms with E-state index in [0.29, 0.717) is 31.9 Å². The summed E-state index contributed by atoms with van der Waals surface area (Å²) in [6, 6.07) is 5.74. The molecule has 0 heterocycles. The molecule has 0 spiro atoms. The molecule has 0 fully saturated rings. The minimum Gasteiger partial charge on any atom is -0.380 e. The smallest absolute Gasteiger partial charge is 0.255 e. The zero-order valence-electron chi connectivity index (χ0n) is 11.2. The standard InChI is InChI=1S/C14H20BrNO2/c1-4-16(9-10-18-5-2)14(17)12-8-6-7-11(3)13(12)15/h6-8H,4-5,9-10H2,1-3H3. The molecule has 3 nitrogen and oxygen atoms in total. The fourth-order valence-electron chi connectivity index (χ4n) is 1.71. The van der Waals surface area contributed by atoms with Gasteiger partial charge in [0.05, 0.1) is 12.2 Å². The van der Waals surface area contributed by atoms with Crippen LogP contribution in [0.15, 0.2) is 22.7 Å². The van der Waals surface area contributed by atoms with Crippen LogP contribution in [0.5, 0.6) is 0 Å². The lowest BCUT2D eigenvalue weighted by Gasteiger charge is -2.21. The number of hydrogen-bond donors (Lipinski definition) is 0. The topological polar surface area (TPSA) is 29.5 Å². The Morgan fingerprint density at radius 3 is 2.72 bits per heavy atom. The summed E-state index contributed by atoms with van der Waals surface area (Å²) in [5.41, 5.74) is 1.79. The Bertz CT molecular complexity index is 407. The predicted molar refractivity (Wildman–Crippen MR) is 76.9 cm³/mol. The SMILES string of the molecule is CCOCCN(CC)C(=O)c1cccc(C)c1Br. The molecule has 1 aromatic carbocycles. The van der Waals surface area contributed by atoms with Crippen LogP contribution in [-0.4, -0.2) is 37.1 Å². The number of hydrogen-bond acceptors (Lipinski definition) is 2. The van der Waals surface area contributed by atoms with Crippen LogP contribution in [0.2, 0.25) is 0 Å². The van der Waals surface area contributed by atoms with Crippen molar-refractivity contribution >= 4 is 21.8 Å². The summed E-state index contributed by atoms with van der Waals surface area (Å²) in [6.07, 6.45) is 0. The fraction of sp³-hybridized carbons (Fsp3) is 0.500. The Kier molecular flexibility index (Phi) is 6.36. The summed E-state index contributed by atoms with van der Waals surface area (Å²) in [5.74, 6) is 0.0489. The molecule has 0 radical (unpaired) electrons. The molecular weight excluding hydrogens is 294 g/mol. The highest BCUT2D eigenvalue weighted by Gasteiger charge is 2.17. The van der Waals surface area contributed by atoms with E-state index in [1.54, 1.807) is 4.90 Å². The highest BCUT2D eigenvalue weighted by atomic mass is 79.9. The van der Waals surface area contributed by atoms with Gasteiger partial charge in [-0.05, 0) is 48.3 Å². The lowest BCUT2D eigenvalue weighted by molar-refractivity contribution is 0.0668. The molecule has 0 aliphatic carbocycles. The molecule has 0 aliphatic heterocycles. The van der Waals surface area contributed by atoms with Gasteiger partial charge in [-0.15, -0.1) is 0 Å². The molecule has 0 bridgehead atoms. The number of nitrogens with zero attached hydrogens (tertiary/aromatic N) is 1. The summed E-state index contributed by atoms with van der Waals surface area (Å²) >= 11 is 3.48. The van der Waals surface area contributed by atoms with Crippen LogP contribution < -0.4 is 0 Å². The molecule has 1 amide bonds. The zero-order chi connectivity index (χ0) is 13.5. The van der Waals surface area contributed by atoms with Crippen LogP contribution in [0, 0.1) is 6.92 Å². The van der Waals surface area contributed by atoms with E-state index in [9.17, 15) is 4.79 Å². The highest BCUT2D eigenvalue weighted by molar-refractivity contribution is 9.10. The third kappa shape index (κ3) is 3.82. The summed E-state index contributed by atoms with van der Waals surface area (Å²) in [6.45, 7) is 8.50. The summed E-state index contributed by atoms with van der Waals surface area (Å²) in [5, 5.41) is 0. The molecule has 0 saturated carbocycles. The van der Waals surface area contributed by atoms with Crippen molar-refractivity contribution in [2.24, 2.45) is 0 Å². The van der Waals surface area contributed by atoms with Crippen molar-refractivity contribution in [3.8, 4) is 0 Å². The molecule has 1 aromatic rings. The van der Waals surface area contributed by atoms with Crippen LogP contribution in [-0.2, 0) is 4.74 Å². The van der Waals surface area contributed by atoms with E-state index < -0.39 is 0 Å². The maximum atomic E-state index is 12.4. The number of ether oxygens (including phenoxy) is 1. The lowest BCUT2D eigenvalue weighted by atomic mass is 10.1. The third-order valence-corrected chi connectivity index (χ3v) is 3.85. The van der Waals surface area contributed by atoms with Gasteiger partial charge in [0.2, 0.25) is 0 Å². The van der Waals surface area contributed by atoms with E-state index in [4.69, 9.17) is 4.74 Å². The number of rotatable bonds is 6. The van der Waals surface area contributed by atoms with E-state index in [1.807, 2.05) is 39.0 Å². The maximum Gasteiger partial charge on any atom is 0.255 e. The van der Waals surface area contributed by atoms with Gasteiger partial charge in [0, 0.05) is 24.2 Å². The Morgan fingerprint density at radius 1 is 1.39 bits per heavy atom. The monoisotopic (exact) mass is 313 g/mol. The summed E-state index contributed by atoms with van der Waals surface area (Å²) in [7, 11) is 0. The number of likely N-dealkylation sites (N-methyl/N-ethyl adjacent to an activating group) is 1. The van der Waals surface area contributed by atoms with Gasteiger partial charge in [0.1, 0.15) is 0 Å². The second kappa shape index (κ2) is 7.54. The molecule has 18 heavy (non-hydrogen) atoms. The van der Waals surface area contributed by atoms with Gasteiger partial charge in [-0.25, -0.2) is 0 Å². The largest absolute Gasteiger partial charge is 0.380 e.